The van der Waals surface area contributed by atoms with Crippen molar-refractivity contribution in [3.8, 4) is 0 Å². The minimum Gasteiger partial charge on any atom is -0.481 e. The molecule has 1 atom stereocenters. The van der Waals surface area contributed by atoms with Crippen molar-refractivity contribution in [1.29, 1.82) is 0 Å². The molecule has 0 saturated heterocycles. The third kappa shape index (κ3) is 3.71. The van der Waals surface area contributed by atoms with Gasteiger partial charge in [-0.15, -0.1) is 0 Å². The fourth-order valence-electron chi connectivity index (χ4n) is 1.40. The molecule has 0 spiro atoms. The van der Waals surface area contributed by atoms with Crippen LogP contribution in [0.1, 0.15) is 23.7 Å². The first kappa shape index (κ1) is 15.0. The summed E-state index contributed by atoms with van der Waals surface area (Å²) < 4.78 is 0.627. The molecule has 0 fully saturated rings. The van der Waals surface area contributed by atoms with Crippen molar-refractivity contribution >= 4 is 39.4 Å². The Morgan fingerprint density at radius 3 is 2.72 bits per heavy atom. The van der Waals surface area contributed by atoms with Gasteiger partial charge in [-0.3, -0.25) is 9.59 Å². The summed E-state index contributed by atoms with van der Waals surface area (Å²) in [6, 6.07) is 5.01. The van der Waals surface area contributed by atoms with Crippen molar-refractivity contribution in [3.63, 3.8) is 0 Å². The molecule has 0 aliphatic rings. The van der Waals surface area contributed by atoms with E-state index in [0.717, 1.165) is 0 Å². The molecule has 2 N–H and O–H groups in total. The number of nitrogens with one attached hydrogen (secondary N) is 1. The summed E-state index contributed by atoms with van der Waals surface area (Å²) in [5.74, 6) is -1.88. The van der Waals surface area contributed by atoms with Gasteiger partial charge in [0.1, 0.15) is 0 Å². The van der Waals surface area contributed by atoms with Crippen LogP contribution in [0.4, 0.5) is 0 Å². The highest BCUT2D eigenvalue weighted by atomic mass is 79.9. The quantitative estimate of drug-likeness (QED) is 0.870. The van der Waals surface area contributed by atoms with Crippen molar-refractivity contribution in [2.45, 2.75) is 13.3 Å². The van der Waals surface area contributed by atoms with Crippen LogP contribution in [-0.4, -0.2) is 23.5 Å². The highest BCUT2D eigenvalue weighted by Gasteiger charge is 2.18. The van der Waals surface area contributed by atoms with E-state index in [1.54, 1.807) is 25.1 Å². The van der Waals surface area contributed by atoms with E-state index >= 15 is 0 Å². The lowest BCUT2D eigenvalue weighted by atomic mass is 10.1. The smallest absolute Gasteiger partial charge is 0.308 e. The van der Waals surface area contributed by atoms with E-state index in [9.17, 15) is 9.59 Å². The summed E-state index contributed by atoms with van der Waals surface area (Å²) in [5.41, 5.74) is 0.325. The molecule has 4 nitrogen and oxygen atoms in total. The van der Waals surface area contributed by atoms with Crippen molar-refractivity contribution in [2.24, 2.45) is 5.92 Å². The minimum absolute atomic E-state index is 0.0908. The fraction of sp³-hybridized carbons (Fsp3) is 0.333. The highest BCUT2D eigenvalue weighted by Crippen LogP contribution is 2.25. The predicted octanol–water partition coefficient (Wildman–Crippen LogP) is 2.94. The van der Waals surface area contributed by atoms with Gasteiger partial charge < -0.3 is 10.4 Å². The number of carbonyl (C=O) groups is 2. The Morgan fingerprint density at radius 1 is 1.50 bits per heavy atom. The van der Waals surface area contributed by atoms with Gasteiger partial charge in [0, 0.05) is 11.0 Å². The molecule has 0 radical (unpaired) electrons. The zero-order chi connectivity index (χ0) is 13.7. The van der Waals surface area contributed by atoms with Crippen molar-refractivity contribution in [2.75, 3.05) is 6.54 Å². The molecule has 18 heavy (non-hydrogen) atoms. The maximum Gasteiger partial charge on any atom is 0.308 e. The van der Waals surface area contributed by atoms with Crippen LogP contribution < -0.4 is 5.32 Å². The largest absolute Gasteiger partial charge is 0.481 e. The molecular formula is C12H13BrClNO3. The number of carboxylic acid groups (broad SMARTS) is 1. The summed E-state index contributed by atoms with van der Waals surface area (Å²) in [5, 5.41) is 11.8. The highest BCUT2D eigenvalue weighted by molar-refractivity contribution is 9.10. The number of hydrogen-bond acceptors (Lipinski definition) is 2. The van der Waals surface area contributed by atoms with E-state index in [1.165, 1.54) is 0 Å². The lowest BCUT2D eigenvalue weighted by Gasteiger charge is -2.12. The summed E-state index contributed by atoms with van der Waals surface area (Å²) in [4.78, 5) is 22.7. The molecule has 1 unspecified atom stereocenters. The summed E-state index contributed by atoms with van der Waals surface area (Å²) in [7, 11) is 0. The maximum atomic E-state index is 11.9. The summed E-state index contributed by atoms with van der Waals surface area (Å²) in [6.45, 7) is 1.85. The van der Waals surface area contributed by atoms with Gasteiger partial charge in [-0.05, 0) is 34.5 Å². The van der Waals surface area contributed by atoms with Gasteiger partial charge in [0.25, 0.3) is 5.91 Å². The molecule has 1 aromatic carbocycles. The number of halogens is 2. The molecule has 0 saturated carbocycles. The average Bonchev–Trinajstić information content (AvgIpc) is 2.32. The lowest BCUT2D eigenvalue weighted by Crippen LogP contribution is -2.32. The third-order valence-electron chi connectivity index (χ3n) is 2.55. The van der Waals surface area contributed by atoms with E-state index in [4.69, 9.17) is 16.7 Å². The van der Waals surface area contributed by atoms with Gasteiger partial charge in [-0.25, -0.2) is 0 Å². The van der Waals surface area contributed by atoms with Crippen molar-refractivity contribution in [3.05, 3.63) is 33.3 Å². The van der Waals surface area contributed by atoms with Crippen LogP contribution in [0.2, 0.25) is 5.02 Å². The molecule has 0 heterocycles. The number of carbonyl (C=O) groups excluding carboxylic acids is 1. The van der Waals surface area contributed by atoms with Crippen molar-refractivity contribution in [1.82, 2.24) is 5.32 Å². The molecule has 98 valence electrons. The molecule has 1 aromatic rings. The van der Waals surface area contributed by atoms with Crippen LogP contribution in [0.15, 0.2) is 22.7 Å². The first-order chi connectivity index (χ1) is 8.47. The Bertz CT molecular complexity index is 465. The minimum atomic E-state index is -0.918. The zero-order valence-corrected chi connectivity index (χ0v) is 12.1. The topological polar surface area (TPSA) is 66.4 Å². The summed E-state index contributed by atoms with van der Waals surface area (Å²) in [6.07, 6.45) is 0.460. The number of benzene rings is 1. The molecule has 1 rings (SSSR count). The molecule has 6 heteroatoms. The van der Waals surface area contributed by atoms with E-state index in [2.05, 4.69) is 21.2 Å². The van der Waals surface area contributed by atoms with Crippen LogP contribution in [0, 0.1) is 5.92 Å². The van der Waals surface area contributed by atoms with Gasteiger partial charge in [0.05, 0.1) is 16.5 Å². The Kier molecular flexibility index (Phi) is 5.62. The lowest BCUT2D eigenvalue weighted by molar-refractivity contribution is -0.141. The second-order valence-corrected chi connectivity index (χ2v) is 4.99. The number of carboxylic acids is 1. The number of hydrogen-bond donors (Lipinski definition) is 2. The second kappa shape index (κ2) is 6.75. The number of rotatable bonds is 5. The molecule has 0 aliphatic carbocycles. The molecular weight excluding hydrogens is 321 g/mol. The van der Waals surface area contributed by atoms with E-state index in [0.29, 0.717) is 21.5 Å². The van der Waals surface area contributed by atoms with Crippen LogP contribution in [0.5, 0.6) is 0 Å². The monoisotopic (exact) mass is 333 g/mol. The Balaban J connectivity index is 2.71. The number of amides is 1. The maximum absolute atomic E-state index is 11.9. The van der Waals surface area contributed by atoms with Crippen LogP contribution in [0.25, 0.3) is 0 Å². The standard InChI is InChI=1S/C12H13BrClNO3/c1-2-7(12(17)18)6-15-11(16)8-4-3-5-9(13)10(8)14/h3-5,7H,2,6H2,1H3,(H,15,16)(H,17,18). The second-order valence-electron chi connectivity index (χ2n) is 3.75. The average molecular weight is 335 g/mol. The van der Waals surface area contributed by atoms with E-state index in [1.807, 2.05) is 0 Å². The van der Waals surface area contributed by atoms with Gasteiger partial charge in [-0.1, -0.05) is 24.6 Å². The van der Waals surface area contributed by atoms with E-state index in [-0.39, 0.29) is 12.5 Å². The molecule has 0 aliphatic heterocycles. The zero-order valence-electron chi connectivity index (χ0n) is 9.74. The predicted molar refractivity (Wildman–Crippen MR) is 72.9 cm³/mol. The molecule has 1 amide bonds. The molecule has 0 bridgehead atoms. The Labute approximate surface area is 118 Å². The Hall–Kier alpha value is -1.07. The van der Waals surface area contributed by atoms with Crippen LogP contribution >= 0.6 is 27.5 Å². The third-order valence-corrected chi connectivity index (χ3v) is 3.84. The van der Waals surface area contributed by atoms with Crippen LogP contribution in [0.3, 0.4) is 0 Å². The first-order valence-electron chi connectivity index (χ1n) is 5.42. The fourth-order valence-corrected chi connectivity index (χ4v) is 1.97. The van der Waals surface area contributed by atoms with Gasteiger partial charge in [-0.2, -0.15) is 0 Å². The Morgan fingerprint density at radius 2 is 2.17 bits per heavy atom. The van der Waals surface area contributed by atoms with E-state index < -0.39 is 11.9 Å². The number of aliphatic carboxylic acids is 1. The summed E-state index contributed by atoms with van der Waals surface area (Å²) >= 11 is 9.20. The normalized spacial score (nSPS) is 11.9. The van der Waals surface area contributed by atoms with Gasteiger partial charge in [0.15, 0.2) is 0 Å². The van der Waals surface area contributed by atoms with Crippen molar-refractivity contribution < 1.29 is 14.7 Å². The molecule has 0 aromatic heterocycles. The van der Waals surface area contributed by atoms with Crippen LogP contribution in [-0.2, 0) is 4.79 Å². The SMILES string of the molecule is CCC(CNC(=O)c1cccc(Br)c1Cl)C(=O)O. The first-order valence-corrected chi connectivity index (χ1v) is 6.59. The van der Waals surface area contributed by atoms with Gasteiger partial charge in [0.2, 0.25) is 0 Å². The van der Waals surface area contributed by atoms with Gasteiger partial charge >= 0.3 is 5.97 Å².